The highest BCUT2D eigenvalue weighted by Gasteiger charge is 2.25. The molecule has 0 unspecified atom stereocenters. The molecule has 0 atom stereocenters. The number of fused-ring (bicyclic) bond motifs is 1. The highest BCUT2D eigenvalue weighted by atomic mass is 19.4. The van der Waals surface area contributed by atoms with Crippen molar-refractivity contribution in [2.45, 2.75) is 44.7 Å². The number of benzene rings is 3. The minimum Gasteiger partial charge on any atom is -0.251 e. The average Bonchev–Trinajstić information content (AvgIpc) is 2.85. The standard InChI is InChI=1S/C30H21F9/c31-11-1-2-17-3-5-18(6-4-17)7-8-19-12-24(33)27(25(34)13-19)20-14-21-15-23(32)22(9-10-30(37,38)39)29(36)28(21)26(35)16-20/h12-18H,1-6,11H2. The average molecular weight is 552 g/mol. The van der Waals surface area contributed by atoms with Gasteiger partial charge in [-0.1, -0.05) is 17.8 Å². The Morgan fingerprint density at radius 3 is 2.05 bits per heavy atom. The van der Waals surface area contributed by atoms with Crippen LogP contribution < -0.4 is 0 Å². The first-order chi connectivity index (χ1) is 18.5. The van der Waals surface area contributed by atoms with E-state index in [-0.39, 0.29) is 23.7 Å². The van der Waals surface area contributed by atoms with Gasteiger partial charge in [0.1, 0.15) is 23.3 Å². The molecule has 0 nitrogen and oxygen atoms in total. The van der Waals surface area contributed by atoms with Crippen LogP contribution in [0.3, 0.4) is 0 Å². The summed E-state index contributed by atoms with van der Waals surface area (Å²) in [7, 11) is 0. The van der Waals surface area contributed by atoms with Crippen LogP contribution in [0.25, 0.3) is 21.9 Å². The third-order valence-corrected chi connectivity index (χ3v) is 6.75. The van der Waals surface area contributed by atoms with Crippen molar-refractivity contribution < 1.29 is 39.5 Å². The lowest BCUT2D eigenvalue weighted by molar-refractivity contribution is -0.0696. The third kappa shape index (κ3) is 6.71. The van der Waals surface area contributed by atoms with Gasteiger partial charge in [-0.05, 0) is 85.7 Å². The maximum atomic E-state index is 15.0. The summed E-state index contributed by atoms with van der Waals surface area (Å²) in [5.74, 6) is 1.65. The summed E-state index contributed by atoms with van der Waals surface area (Å²) in [6.45, 7) is -0.339. The van der Waals surface area contributed by atoms with E-state index in [1.807, 2.05) is 0 Å². The molecule has 3 aromatic carbocycles. The van der Waals surface area contributed by atoms with Gasteiger partial charge in [-0.25, -0.2) is 22.0 Å². The van der Waals surface area contributed by atoms with Crippen molar-refractivity contribution in [1.29, 1.82) is 0 Å². The Balaban J connectivity index is 1.62. The van der Waals surface area contributed by atoms with Crippen molar-refractivity contribution in [2.24, 2.45) is 11.8 Å². The summed E-state index contributed by atoms with van der Waals surface area (Å²) < 4.78 is 123. The van der Waals surface area contributed by atoms with Crippen molar-refractivity contribution in [1.82, 2.24) is 0 Å². The van der Waals surface area contributed by atoms with Crippen molar-refractivity contribution in [2.75, 3.05) is 6.67 Å². The third-order valence-electron chi connectivity index (χ3n) is 6.75. The maximum absolute atomic E-state index is 15.0. The van der Waals surface area contributed by atoms with E-state index in [0.717, 1.165) is 56.2 Å². The van der Waals surface area contributed by atoms with Gasteiger partial charge in [-0.2, -0.15) is 13.2 Å². The molecule has 9 heteroatoms. The number of hydrogen-bond donors (Lipinski definition) is 0. The summed E-state index contributed by atoms with van der Waals surface area (Å²) in [6, 6.07) is 4.03. The van der Waals surface area contributed by atoms with Crippen LogP contribution >= 0.6 is 0 Å². The first-order valence-electron chi connectivity index (χ1n) is 12.2. The van der Waals surface area contributed by atoms with E-state index in [4.69, 9.17) is 0 Å². The monoisotopic (exact) mass is 552 g/mol. The number of hydrogen-bond acceptors (Lipinski definition) is 0. The molecule has 1 saturated carbocycles. The lowest BCUT2D eigenvalue weighted by atomic mass is 9.80. The second-order valence-electron chi connectivity index (χ2n) is 9.48. The van der Waals surface area contributed by atoms with Gasteiger partial charge in [0, 0.05) is 17.4 Å². The van der Waals surface area contributed by atoms with Gasteiger partial charge in [0.15, 0.2) is 5.82 Å². The molecule has 0 aliphatic heterocycles. The molecule has 39 heavy (non-hydrogen) atoms. The van der Waals surface area contributed by atoms with Gasteiger partial charge in [0.2, 0.25) is 0 Å². The highest BCUT2D eigenvalue weighted by Crippen LogP contribution is 2.35. The highest BCUT2D eigenvalue weighted by molar-refractivity contribution is 5.90. The quantitative estimate of drug-likeness (QED) is 0.224. The predicted octanol–water partition coefficient (Wildman–Crippen LogP) is 9.02. The van der Waals surface area contributed by atoms with Crippen LogP contribution in [0, 0.1) is 64.6 Å². The van der Waals surface area contributed by atoms with E-state index >= 15 is 0 Å². The Labute approximate surface area is 219 Å². The van der Waals surface area contributed by atoms with Crippen molar-refractivity contribution >= 4 is 10.8 Å². The molecule has 0 amide bonds. The molecule has 1 aliphatic rings. The fraction of sp³-hybridized carbons (Fsp3) is 0.333. The molecule has 0 N–H and O–H groups in total. The molecule has 3 aromatic rings. The molecule has 1 fully saturated rings. The molecule has 0 heterocycles. The molecule has 204 valence electrons. The molecule has 0 spiro atoms. The maximum Gasteiger partial charge on any atom is 0.458 e. The lowest BCUT2D eigenvalue weighted by Gasteiger charge is -2.25. The largest absolute Gasteiger partial charge is 0.458 e. The van der Waals surface area contributed by atoms with Crippen LogP contribution in [0.4, 0.5) is 39.5 Å². The number of halogens is 9. The minimum absolute atomic E-state index is 0.0440. The van der Waals surface area contributed by atoms with Crippen molar-refractivity contribution in [3.05, 3.63) is 70.5 Å². The zero-order valence-corrected chi connectivity index (χ0v) is 20.4. The Morgan fingerprint density at radius 1 is 0.769 bits per heavy atom. The van der Waals surface area contributed by atoms with Crippen LogP contribution in [0.1, 0.15) is 49.7 Å². The normalized spacial score (nSPS) is 17.4. The van der Waals surface area contributed by atoms with E-state index in [0.29, 0.717) is 24.5 Å². The zero-order valence-electron chi connectivity index (χ0n) is 20.4. The van der Waals surface area contributed by atoms with Gasteiger partial charge in [0.25, 0.3) is 0 Å². The Hall–Kier alpha value is -3.59. The van der Waals surface area contributed by atoms with Gasteiger partial charge in [-0.3, -0.25) is 4.39 Å². The molecule has 1 aliphatic carbocycles. The molecule has 0 radical (unpaired) electrons. The molecular formula is C30H21F9. The Kier molecular flexibility index (Phi) is 8.49. The van der Waals surface area contributed by atoms with Crippen LogP contribution in [-0.2, 0) is 0 Å². The van der Waals surface area contributed by atoms with Gasteiger partial charge in [-0.15, -0.1) is 0 Å². The fourth-order valence-electron chi connectivity index (χ4n) is 4.87. The second-order valence-corrected chi connectivity index (χ2v) is 9.48. The Bertz CT molecular complexity index is 1480. The molecule has 0 saturated heterocycles. The van der Waals surface area contributed by atoms with Gasteiger partial charge >= 0.3 is 6.18 Å². The summed E-state index contributed by atoms with van der Waals surface area (Å²) >= 11 is 0. The van der Waals surface area contributed by atoms with Crippen molar-refractivity contribution in [3.63, 3.8) is 0 Å². The van der Waals surface area contributed by atoms with E-state index in [9.17, 15) is 39.5 Å². The lowest BCUT2D eigenvalue weighted by Crippen LogP contribution is -2.13. The van der Waals surface area contributed by atoms with Crippen LogP contribution in [-0.4, -0.2) is 12.9 Å². The molecule has 0 aromatic heterocycles. The first kappa shape index (κ1) is 28.4. The predicted molar refractivity (Wildman–Crippen MR) is 130 cm³/mol. The van der Waals surface area contributed by atoms with Crippen LogP contribution in [0.2, 0.25) is 0 Å². The summed E-state index contributed by atoms with van der Waals surface area (Å²) in [4.78, 5) is 0. The van der Waals surface area contributed by atoms with E-state index in [1.54, 1.807) is 0 Å². The second kappa shape index (κ2) is 11.7. The minimum atomic E-state index is -5.03. The smallest absolute Gasteiger partial charge is 0.251 e. The summed E-state index contributed by atoms with van der Waals surface area (Å²) in [5, 5.41) is -1.32. The van der Waals surface area contributed by atoms with E-state index in [2.05, 4.69) is 11.8 Å². The first-order valence-corrected chi connectivity index (χ1v) is 12.2. The SMILES string of the molecule is FCCCC1CCC(C#Cc2cc(F)c(-c3cc(F)c4c(F)c(C#CC(F)(F)F)c(F)cc4c3)c(F)c2)CC1. The molecule has 4 rings (SSSR count). The van der Waals surface area contributed by atoms with E-state index in [1.165, 1.54) is 5.92 Å². The summed E-state index contributed by atoms with van der Waals surface area (Å²) in [5.41, 5.74) is -2.25. The zero-order chi connectivity index (χ0) is 28.3. The van der Waals surface area contributed by atoms with Crippen molar-refractivity contribution in [3.8, 4) is 34.8 Å². The van der Waals surface area contributed by atoms with Crippen LogP contribution in [0.5, 0.6) is 0 Å². The topological polar surface area (TPSA) is 0 Å². The van der Waals surface area contributed by atoms with Gasteiger partial charge < -0.3 is 0 Å². The number of rotatable bonds is 4. The fourth-order valence-corrected chi connectivity index (χ4v) is 4.87. The Morgan fingerprint density at radius 2 is 1.44 bits per heavy atom. The molecule has 0 bridgehead atoms. The van der Waals surface area contributed by atoms with E-state index < -0.39 is 57.2 Å². The summed E-state index contributed by atoms with van der Waals surface area (Å²) in [6.07, 6.45) is -0.235. The number of alkyl halides is 4. The molecular weight excluding hydrogens is 531 g/mol. The van der Waals surface area contributed by atoms with Gasteiger partial charge in [0.05, 0.1) is 23.2 Å². The van der Waals surface area contributed by atoms with Crippen LogP contribution in [0.15, 0.2) is 30.3 Å².